The molecule has 0 bridgehead atoms. The van der Waals surface area contributed by atoms with Gasteiger partial charge in [0, 0.05) is 25.1 Å². The number of non-ortho nitro benzene ring substituents is 1. The van der Waals surface area contributed by atoms with E-state index in [0.717, 1.165) is 21.9 Å². The number of fused-ring (bicyclic) bond motifs is 4. The molecule has 2 aliphatic carbocycles. The van der Waals surface area contributed by atoms with Crippen LogP contribution < -0.4 is 4.90 Å². The number of carbonyl (C=O) groups is 4. The monoisotopic (exact) mass is 587 g/mol. The van der Waals surface area contributed by atoms with E-state index in [9.17, 15) is 38.8 Å². The van der Waals surface area contributed by atoms with Crippen LogP contribution in [0.4, 0.5) is 15.8 Å². The Morgan fingerprint density at radius 2 is 1.70 bits per heavy atom. The maximum absolute atomic E-state index is 14.6. The highest BCUT2D eigenvalue weighted by atomic mass is 35.5. The highest BCUT2D eigenvalue weighted by Crippen LogP contribution is 2.65. The molecule has 2 saturated heterocycles. The van der Waals surface area contributed by atoms with E-state index < -0.39 is 73.5 Å². The third-order valence-electron chi connectivity index (χ3n) is 8.64. The molecule has 4 amide bonds. The van der Waals surface area contributed by atoms with Crippen LogP contribution in [0.15, 0.2) is 54.1 Å². The van der Waals surface area contributed by atoms with Crippen LogP contribution in [-0.4, -0.2) is 55.4 Å². The van der Waals surface area contributed by atoms with Crippen LogP contribution in [0.5, 0.6) is 5.75 Å². The average Bonchev–Trinajstić information content (AvgIpc) is 3.25. The van der Waals surface area contributed by atoms with Crippen molar-refractivity contribution in [1.29, 1.82) is 0 Å². The molecule has 2 heterocycles. The van der Waals surface area contributed by atoms with Gasteiger partial charge in [0.25, 0.3) is 17.5 Å². The molecule has 10 nitrogen and oxygen atoms in total. The number of amides is 4. The van der Waals surface area contributed by atoms with E-state index in [0.29, 0.717) is 5.57 Å². The number of carbonyl (C=O) groups excluding carboxylic acids is 4. The molecule has 2 aromatic rings. The molecule has 0 radical (unpaired) electrons. The fourth-order valence-electron chi connectivity index (χ4n) is 6.80. The van der Waals surface area contributed by atoms with Crippen molar-refractivity contribution < 1.29 is 33.6 Å². The molecule has 0 unspecified atom stereocenters. The fraction of sp³-hybridized carbons (Fsp3) is 0.333. The smallest absolute Gasteiger partial charge is 0.269 e. The van der Waals surface area contributed by atoms with E-state index >= 15 is 0 Å². The van der Waals surface area contributed by atoms with Gasteiger partial charge in [-0.2, -0.15) is 0 Å². The number of allylic oxidation sites excluding steroid dienone is 2. The Labute approximate surface area is 236 Å². The highest BCUT2D eigenvalue weighted by molar-refractivity contribution is 6.53. The first-order valence-electron chi connectivity index (χ1n) is 12.3. The van der Waals surface area contributed by atoms with Gasteiger partial charge in [-0.15, -0.1) is 23.2 Å². The molecular weight excluding hydrogens is 568 g/mol. The number of phenolic OH excluding ortho intramolecular Hbond substituents is 1. The molecule has 206 valence electrons. The lowest BCUT2D eigenvalue weighted by Crippen LogP contribution is -2.60. The molecule has 2 aromatic carbocycles. The molecule has 13 heteroatoms. The lowest BCUT2D eigenvalue weighted by molar-refractivity contribution is -0.384. The van der Waals surface area contributed by atoms with Gasteiger partial charge in [-0.3, -0.25) is 39.1 Å². The van der Waals surface area contributed by atoms with Crippen molar-refractivity contribution >= 4 is 58.2 Å². The highest BCUT2D eigenvalue weighted by Gasteiger charge is 2.75. The number of phenols is 1. The van der Waals surface area contributed by atoms with Crippen LogP contribution in [0, 0.1) is 33.7 Å². The zero-order valence-electron chi connectivity index (χ0n) is 20.7. The summed E-state index contributed by atoms with van der Waals surface area (Å²) < 4.78 is 14.6. The lowest BCUT2D eigenvalue weighted by Gasteiger charge is -2.50. The third kappa shape index (κ3) is 3.21. The maximum atomic E-state index is 14.6. The number of halogens is 3. The van der Waals surface area contributed by atoms with Crippen LogP contribution >= 0.6 is 23.2 Å². The van der Waals surface area contributed by atoms with Crippen LogP contribution in [0.2, 0.25) is 0 Å². The second-order valence-corrected chi connectivity index (χ2v) is 11.7. The average molecular weight is 588 g/mol. The Morgan fingerprint density at radius 1 is 1.02 bits per heavy atom. The molecule has 6 rings (SSSR count). The van der Waals surface area contributed by atoms with Crippen molar-refractivity contribution in [3.05, 3.63) is 75.6 Å². The minimum absolute atomic E-state index is 0.0991. The number of nitrogens with zero attached hydrogens (tertiary/aromatic N) is 3. The van der Waals surface area contributed by atoms with E-state index in [1.807, 2.05) is 0 Å². The van der Waals surface area contributed by atoms with Gasteiger partial charge < -0.3 is 5.11 Å². The van der Waals surface area contributed by atoms with Crippen LogP contribution in [-0.2, 0) is 19.2 Å². The van der Waals surface area contributed by atoms with Crippen molar-refractivity contribution in [2.75, 3.05) is 11.9 Å². The summed E-state index contributed by atoms with van der Waals surface area (Å²) in [5.41, 5.74) is 0.589. The molecule has 40 heavy (non-hydrogen) atoms. The van der Waals surface area contributed by atoms with Crippen molar-refractivity contribution in [3.8, 4) is 5.75 Å². The van der Waals surface area contributed by atoms with Gasteiger partial charge in [-0.05, 0) is 48.6 Å². The fourth-order valence-corrected chi connectivity index (χ4v) is 7.82. The largest absolute Gasteiger partial charge is 0.505 e. The quantitative estimate of drug-likeness (QED) is 0.190. The van der Waals surface area contributed by atoms with Crippen molar-refractivity contribution in [1.82, 2.24) is 4.90 Å². The summed E-state index contributed by atoms with van der Waals surface area (Å²) in [7, 11) is 1.24. The molecule has 2 aliphatic heterocycles. The first-order chi connectivity index (χ1) is 18.8. The number of imide groups is 2. The minimum atomic E-state index is -2.07. The molecule has 1 saturated carbocycles. The van der Waals surface area contributed by atoms with Gasteiger partial charge in [-0.1, -0.05) is 17.7 Å². The van der Waals surface area contributed by atoms with E-state index in [1.54, 1.807) is 6.08 Å². The summed E-state index contributed by atoms with van der Waals surface area (Å²) in [5.74, 6) is -8.01. The van der Waals surface area contributed by atoms with E-state index in [2.05, 4.69) is 0 Å². The van der Waals surface area contributed by atoms with Crippen molar-refractivity contribution in [2.45, 2.75) is 28.5 Å². The predicted octanol–water partition coefficient (Wildman–Crippen LogP) is 3.63. The Hall–Kier alpha value is -3.83. The predicted molar refractivity (Wildman–Crippen MR) is 139 cm³/mol. The van der Waals surface area contributed by atoms with E-state index in [-0.39, 0.29) is 29.8 Å². The molecule has 0 aromatic heterocycles. The number of aromatic hydroxyl groups is 1. The standard InChI is InChI=1S/C27H20Cl2FN3O7/c1-31-24(37)26(28)11-17-15(21(27(26,29)25(31)38)12-2-9-19(34)18(30)10-12)7-8-16-20(17)23(36)32(22(16)35)13-3-5-14(6-4-13)33(39)40/h2-7,9-10,16-17,20-21,34H,8,11H2,1H3/t16-,17+,20-,21-,26+,27-/m0/s1. The molecular formula is C27H20Cl2FN3O7. The number of nitro benzene ring substituents is 1. The summed E-state index contributed by atoms with van der Waals surface area (Å²) in [6, 6.07) is 8.48. The van der Waals surface area contributed by atoms with Gasteiger partial charge >= 0.3 is 0 Å². The number of nitro groups is 1. The number of benzene rings is 2. The van der Waals surface area contributed by atoms with E-state index in [1.165, 1.54) is 37.4 Å². The second-order valence-electron chi connectivity index (χ2n) is 10.5. The summed E-state index contributed by atoms with van der Waals surface area (Å²) in [6.07, 6.45) is 1.56. The first-order valence-corrected chi connectivity index (χ1v) is 13.1. The topological polar surface area (TPSA) is 138 Å². The summed E-state index contributed by atoms with van der Waals surface area (Å²) in [6.45, 7) is 0. The van der Waals surface area contributed by atoms with Crippen LogP contribution in [0.25, 0.3) is 0 Å². The number of anilines is 1. The number of hydrogen-bond donors (Lipinski definition) is 1. The van der Waals surface area contributed by atoms with E-state index in [4.69, 9.17) is 23.2 Å². The second kappa shape index (κ2) is 8.58. The summed E-state index contributed by atoms with van der Waals surface area (Å²) >= 11 is 14.0. The minimum Gasteiger partial charge on any atom is -0.505 e. The Bertz CT molecular complexity index is 1580. The Balaban J connectivity index is 1.48. The molecule has 4 aliphatic rings. The zero-order chi connectivity index (χ0) is 28.9. The Morgan fingerprint density at radius 3 is 2.33 bits per heavy atom. The summed E-state index contributed by atoms with van der Waals surface area (Å²) in [4.78, 5) is 62.4. The van der Waals surface area contributed by atoms with Crippen molar-refractivity contribution in [3.63, 3.8) is 0 Å². The number of likely N-dealkylation sites (tertiary alicyclic amines) is 1. The van der Waals surface area contributed by atoms with Crippen LogP contribution in [0.1, 0.15) is 24.3 Å². The molecule has 3 fully saturated rings. The molecule has 0 spiro atoms. The van der Waals surface area contributed by atoms with Gasteiger partial charge in [0.05, 0.1) is 22.4 Å². The maximum Gasteiger partial charge on any atom is 0.269 e. The van der Waals surface area contributed by atoms with Crippen molar-refractivity contribution in [2.24, 2.45) is 17.8 Å². The molecule has 6 atom stereocenters. The lowest BCUT2D eigenvalue weighted by atomic mass is 9.56. The first kappa shape index (κ1) is 26.4. The Kier molecular flexibility index (Phi) is 5.66. The van der Waals surface area contributed by atoms with Gasteiger partial charge in [0.1, 0.15) is 0 Å². The zero-order valence-corrected chi connectivity index (χ0v) is 22.2. The van der Waals surface area contributed by atoms with Crippen LogP contribution in [0.3, 0.4) is 0 Å². The SMILES string of the molecule is CN1C(=O)[C@]2(Cl)C[C@@H]3C(=CC[C@@H]4C(=O)N(c5ccc([N+](=O)[O-])cc5)C(=O)[C@@H]43)[C@H](c3ccc(O)c(F)c3)[C@]2(Cl)C1=O. The third-order valence-corrected chi connectivity index (χ3v) is 10.1. The van der Waals surface area contributed by atoms with Gasteiger partial charge in [0.15, 0.2) is 21.3 Å². The van der Waals surface area contributed by atoms with Gasteiger partial charge in [-0.25, -0.2) is 4.39 Å². The number of hydrogen-bond acceptors (Lipinski definition) is 7. The normalized spacial score (nSPS) is 33.0. The summed E-state index contributed by atoms with van der Waals surface area (Å²) in [5, 5.41) is 20.8. The number of rotatable bonds is 3. The molecule has 1 N–H and O–H groups in total. The number of alkyl halides is 2. The van der Waals surface area contributed by atoms with Gasteiger partial charge in [0.2, 0.25) is 11.8 Å².